The van der Waals surface area contributed by atoms with Gasteiger partial charge in [0.05, 0.1) is 35.3 Å². The number of aromatic nitrogens is 4. The van der Waals surface area contributed by atoms with Crippen LogP contribution in [0.3, 0.4) is 0 Å². The van der Waals surface area contributed by atoms with Crippen LogP contribution in [0, 0.1) is 12.7 Å². The molecule has 0 spiro atoms. The first kappa shape index (κ1) is 18.9. The molecule has 0 fully saturated rings. The maximum absolute atomic E-state index is 13.3. The summed E-state index contributed by atoms with van der Waals surface area (Å²) in [5, 5.41) is 5.55. The Hall–Kier alpha value is -2.83. The summed E-state index contributed by atoms with van der Waals surface area (Å²) in [4.78, 5) is 8.68. The van der Waals surface area contributed by atoms with Crippen LogP contribution in [0.2, 0.25) is 0 Å². The van der Waals surface area contributed by atoms with Gasteiger partial charge in [0.25, 0.3) is 0 Å². The Balaban J connectivity index is 0.00000210. The first-order chi connectivity index (χ1) is 12.6. The van der Waals surface area contributed by atoms with Crippen LogP contribution in [0.5, 0.6) is 0 Å². The number of para-hydroxylation sites is 1. The Morgan fingerprint density at radius 2 is 1.93 bits per heavy atom. The SMILES string of the molecule is Cc1cc(F)cnc1C[C@H](N)c1ncccc1-n1ncc2ccccc21.Cl. The third-order valence-corrected chi connectivity index (χ3v) is 4.44. The molecule has 0 unspecified atom stereocenters. The van der Waals surface area contributed by atoms with Crippen LogP contribution >= 0.6 is 12.4 Å². The third-order valence-electron chi connectivity index (χ3n) is 4.44. The Labute approximate surface area is 162 Å². The summed E-state index contributed by atoms with van der Waals surface area (Å²) in [5.74, 6) is -0.346. The van der Waals surface area contributed by atoms with Crippen molar-refractivity contribution >= 4 is 23.3 Å². The predicted octanol–water partition coefficient (Wildman–Crippen LogP) is 3.93. The van der Waals surface area contributed by atoms with Crippen molar-refractivity contribution in [2.24, 2.45) is 5.73 Å². The number of hydrogen-bond acceptors (Lipinski definition) is 4. The van der Waals surface area contributed by atoms with E-state index in [0.29, 0.717) is 6.42 Å². The Bertz CT molecular complexity index is 1080. The lowest BCUT2D eigenvalue weighted by atomic mass is 10.0. The van der Waals surface area contributed by atoms with Crippen molar-refractivity contribution in [1.82, 2.24) is 19.7 Å². The van der Waals surface area contributed by atoms with Gasteiger partial charge in [0, 0.05) is 23.7 Å². The molecule has 0 aliphatic carbocycles. The van der Waals surface area contributed by atoms with Crippen molar-refractivity contribution in [3.8, 4) is 5.69 Å². The lowest BCUT2D eigenvalue weighted by Crippen LogP contribution is -2.19. The van der Waals surface area contributed by atoms with Gasteiger partial charge < -0.3 is 5.73 Å². The fourth-order valence-corrected chi connectivity index (χ4v) is 3.12. The van der Waals surface area contributed by atoms with Crippen LogP contribution in [-0.2, 0) is 6.42 Å². The molecule has 3 aromatic heterocycles. The summed E-state index contributed by atoms with van der Waals surface area (Å²) in [6.45, 7) is 1.83. The molecule has 27 heavy (non-hydrogen) atoms. The van der Waals surface area contributed by atoms with E-state index in [9.17, 15) is 4.39 Å². The van der Waals surface area contributed by atoms with E-state index in [2.05, 4.69) is 15.1 Å². The zero-order valence-electron chi connectivity index (χ0n) is 14.7. The maximum Gasteiger partial charge on any atom is 0.141 e. The van der Waals surface area contributed by atoms with Gasteiger partial charge in [-0.1, -0.05) is 18.2 Å². The largest absolute Gasteiger partial charge is 0.322 e. The monoisotopic (exact) mass is 383 g/mol. The minimum Gasteiger partial charge on any atom is -0.322 e. The number of aryl methyl sites for hydroxylation is 1. The number of hydrogen-bond donors (Lipinski definition) is 1. The molecule has 0 saturated heterocycles. The first-order valence-corrected chi connectivity index (χ1v) is 8.38. The van der Waals surface area contributed by atoms with Gasteiger partial charge in [-0.05, 0) is 36.8 Å². The Morgan fingerprint density at radius 3 is 2.74 bits per heavy atom. The molecule has 4 aromatic rings. The molecule has 5 nitrogen and oxygen atoms in total. The average Bonchev–Trinajstić information content (AvgIpc) is 3.08. The zero-order valence-corrected chi connectivity index (χ0v) is 15.5. The fourth-order valence-electron chi connectivity index (χ4n) is 3.12. The van der Waals surface area contributed by atoms with E-state index >= 15 is 0 Å². The van der Waals surface area contributed by atoms with E-state index in [4.69, 9.17) is 5.73 Å². The highest BCUT2D eigenvalue weighted by Crippen LogP contribution is 2.24. The van der Waals surface area contributed by atoms with Crippen molar-refractivity contribution in [3.63, 3.8) is 0 Å². The zero-order chi connectivity index (χ0) is 18.1. The number of nitrogens with zero attached hydrogens (tertiary/aromatic N) is 4. The van der Waals surface area contributed by atoms with E-state index in [1.807, 2.05) is 54.2 Å². The highest BCUT2D eigenvalue weighted by molar-refractivity contribution is 5.85. The van der Waals surface area contributed by atoms with Gasteiger partial charge in [0.15, 0.2) is 0 Å². The van der Waals surface area contributed by atoms with Crippen molar-refractivity contribution < 1.29 is 4.39 Å². The van der Waals surface area contributed by atoms with Crippen molar-refractivity contribution in [2.75, 3.05) is 0 Å². The van der Waals surface area contributed by atoms with Crippen molar-refractivity contribution in [1.29, 1.82) is 0 Å². The van der Waals surface area contributed by atoms with Crippen LogP contribution < -0.4 is 5.73 Å². The highest BCUT2D eigenvalue weighted by atomic mass is 35.5. The molecule has 0 radical (unpaired) electrons. The lowest BCUT2D eigenvalue weighted by Gasteiger charge is -2.16. The van der Waals surface area contributed by atoms with Crippen LogP contribution in [0.1, 0.15) is 23.0 Å². The van der Waals surface area contributed by atoms with Crippen LogP contribution in [0.25, 0.3) is 16.6 Å². The van der Waals surface area contributed by atoms with Crippen molar-refractivity contribution in [3.05, 3.63) is 83.8 Å². The smallest absolute Gasteiger partial charge is 0.141 e. The molecule has 1 atom stereocenters. The predicted molar refractivity (Wildman–Crippen MR) is 106 cm³/mol. The summed E-state index contributed by atoms with van der Waals surface area (Å²) in [5.41, 5.74) is 10.5. The van der Waals surface area contributed by atoms with Crippen molar-refractivity contribution in [2.45, 2.75) is 19.4 Å². The Morgan fingerprint density at radius 1 is 1.11 bits per heavy atom. The number of benzene rings is 1. The van der Waals surface area contributed by atoms with Crippen LogP contribution in [0.4, 0.5) is 4.39 Å². The molecule has 1 aromatic carbocycles. The molecule has 7 heteroatoms. The summed E-state index contributed by atoms with van der Waals surface area (Å²) >= 11 is 0. The molecule has 3 heterocycles. The summed E-state index contributed by atoms with van der Waals surface area (Å²) < 4.78 is 15.1. The van der Waals surface area contributed by atoms with Gasteiger partial charge >= 0.3 is 0 Å². The highest BCUT2D eigenvalue weighted by Gasteiger charge is 2.18. The third kappa shape index (κ3) is 3.67. The van der Waals surface area contributed by atoms with E-state index in [1.165, 1.54) is 12.3 Å². The standard InChI is InChI=1S/C20H18FN5.ClH/c1-13-9-15(21)12-24-17(13)10-16(22)20-19(7-4-8-23-20)26-18-6-3-2-5-14(18)11-25-26;/h2-9,11-12,16H,10,22H2,1H3;1H/t16-;/m0./s1. The van der Waals surface area contributed by atoms with E-state index in [0.717, 1.165) is 33.5 Å². The lowest BCUT2D eigenvalue weighted by molar-refractivity contribution is 0.611. The number of rotatable bonds is 4. The fraction of sp³-hybridized carbons (Fsp3) is 0.150. The van der Waals surface area contributed by atoms with Gasteiger partial charge in [-0.2, -0.15) is 5.10 Å². The molecule has 0 amide bonds. The number of pyridine rings is 2. The quantitative estimate of drug-likeness (QED) is 0.579. The molecular formula is C20H19ClFN5. The summed E-state index contributed by atoms with van der Waals surface area (Å²) in [6, 6.07) is 12.9. The Kier molecular flexibility index (Phi) is 5.48. The molecule has 2 N–H and O–H groups in total. The second kappa shape index (κ2) is 7.82. The second-order valence-electron chi connectivity index (χ2n) is 6.25. The topological polar surface area (TPSA) is 69.6 Å². The van der Waals surface area contributed by atoms with Gasteiger partial charge in [-0.25, -0.2) is 9.07 Å². The first-order valence-electron chi connectivity index (χ1n) is 8.38. The number of fused-ring (bicyclic) bond motifs is 1. The maximum atomic E-state index is 13.3. The average molecular weight is 384 g/mol. The van der Waals surface area contributed by atoms with E-state index < -0.39 is 0 Å². The second-order valence-corrected chi connectivity index (χ2v) is 6.25. The van der Waals surface area contributed by atoms with Gasteiger partial charge in [0.1, 0.15) is 5.82 Å². The van der Waals surface area contributed by atoms with Gasteiger partial charge in [-0.3, -0.25) is 9.97 Å². The summed E-state index contributed by atoms with van der Waals surface area (Å²) in [6.07, 6.45) is 5.23. The molecule has 0 bridgehead atoms. The van der Waals surface area contributed by atoms with Gasteiger partial charge in [-0.15, -0.1) is 12.4 Å². The number of halogens is 2. The molecule has 0 aliphatic heterocycles. The van der Waals surface area contributed by atoms with Crippen LogP contribution in [0.15, 0.2) is 61.1 Å². The molecule has 0 aliphatic rings. The number of nitrogens with two attached hydrogens (primary N) is 1. The molecule has 4 rings (SSSR count). The minimum atomic E-state index is -0.383. The normalized spacial score (nSPS) is 12.0. The molecular weight excluding hydrogens is 365 g/mol. The van der Waals surface area contributed by atoms with E-state index in [1.54, 1.807) is 6.20 Å². The van der Waals surface area contributed by atoms with Gasteiger partial charge in [0.2, 0.25) is 0 Å². The molecule has 138 valence electrons. The van der Waals surface area contributed by atoms with Crippen LogP contribution in [-0.4, -0.2) is 19.7 Å². The van der Waals surface area contributed by atoms with E-state index in [-0.39, 0.29) is 24.3 Å². The minimum absolute atomic E-state index is 0. The molecule has 0 saturated carbocycles. The summed E-state index contributed by atoms with van der Waals surface area (Å²) in [7, 11) is 0.